The maximum atomic E-state index is 10.7. The molecule has 0 spiro atoms. The Morgan fingerprint density at radius 2 is 0.944 bits per heavy atom. The second-order valence-electron chi connectivity index (χ2n) is 12.1. The first-order chi connectivity index (χ1) is 16.8. The summed E-state index contributed by atoms with van der Waals surface area (Å²) in [4.78, 5) is 0. The third-order valence-electron chi connectivity index (χ3n) is 9.20. The number of benzene rings is 2. The quantitative estimate of drug-likeness (QED) is 0.360. The van der Waals surface area contributed by atoms with E-state index in [2.05, 4.69) is 0 Å². The van der Waals surface area contributed by atoms with E-state index in [1.165, 1.54) is 0 Å². The molecule has 2 saturated carbocycles. The molecule has 0 bridgehead atoms. The Balaban J connectivity index is 0.000000201. The molecule has 6 heteroatoms. The molecule has 4 atom stereocenters. The lowest BCUT2D eigenvalue weighted by Crippen LogP contribution is -2.49. The first-order valence-electron chi connectivity index (χ1n) is 12.9. The van der Waals surface area contributed by atoms with Gasteiger partial charge in [-0.2, -0.15) is 0 Å². The van der Waals surface area contributed by atoms with E-state index < -0.39 is 11.2 Å². The van der Waals surface area contributed by atoms with Crippen LogP contribution in [0.25, 0.3) is 0 Å². The van der Waals surface area contributed by atoms with E-state index in [1.54, 1.807) is 0 Å². The summed E-state index contributed by atoms with van der Waals surface area (Å²) in [7, 11) is 0. The summed E-state index contributed by atoms with van der Waals surface area (Å²) in [6.07, 6.45) is 5.37. The zero-order valence-corrected chi connectivity index (χ0v) is 23.5. The zero-order chi connectivity index (χ0) is 26.8. The second-order valence-corrected chi connectivity index (χ2v) is 12.9. The van der Waals surface area contributed by atoms with Crippen LogP contribution >= 0.6 is 23.2 Å². The minimum Gasteiger partial charge on any atom is -0.393 e. The van der Waals surface area contributed by atoms with Crippen LogP contribution in [0.5, 0.6) is 0 Å². The Morgan fingerprint density at radius 1 is 0.639 bits per heavy atom. The molecule has 0 unspecified atom stereocenters. The molecular formula is C30H42Cl2O4. The molecule has 200 valence electrons. The number of rotatable bonds is 6. The summed E-state index contributed by atoms with van der Waals surface area (Å²) in [6.45, 7) is 7.79. The van der Waals surface area contributed by atoms with Gasteiger partial charge in [-0.3, -0.25) is 0 Å². The fourth-order valence-corrected chi connectivity index (χ4v) is 6.38. The lowest BCUT2D eigenvalue weighted by molar-refractivity contribution is -0.110. The Morgan fingerprint density at radius 3 is 1.22 bits per heavy atom. The summed E-state index contributed by atoms with van der Waals surface area (Å²) < 4.78 is 0. The van der Waals surface area contributed by atoms with Crippen molar-refractivity contribution in [3.63, 3.8) is 0 Å². The second kappa shape index (κ2) is 11.3. The summed E-state index contributed by atoms with van der Waals surface area (Å²) >= 11 is 11.7. The van der Waals surface area contributed by atoms with Crippen molar-refractivity contribution in [1.29, 1.82) is 0 Å². The molecule has 0 radical (unpaired) electrons. The highest BCUT2D eigenvalue weighted by molar-refractivity contribution is 6.30. The molecule has 0 heterocycles. The van der Waals surface area contributed by atoms with Gasteiger partial charge in [-0.05, 0) is 96.6 Å². The van der Waals surface area contributed by atoms with Crippen molar-refractivity contribution < 1.29 is 20.4 Å². The summed E-state index contributed by atoms with van der Waals surface area (Å²) in [5.74, 6) is 0.220. The van der Waals surface area contributed by atoms with Gasteiger partial charge in [0.1, 0.15) is 0 Å². The van der Waals surface area contributed by atoms with E-state index in [0.717, 1.165) is 59.7 Å². The highest BCUT2D eigenvalue weighted by Gasteiger charge is 2.54. The highest BCUT2D eigenvalue weighted by Crippen LogP contribution is 2.51. The van der Waals surface area contributed by atoms with Crippen LogP contribution in [0.4, 0.5) is 0 Å². The number of aliphatic hydroxyl groups excluding tert-OH is 2. The topological polar surface area (TPSA) is 80.9 Å². The maximum Gasteiger partial charge on any atom is 0.0958 e. The Labute approximate surface area is 226 Å². The predicted molar refractivity (Wildman–Crippen MR) is 147 cm³/mol. The van der Waals surface area contributed by atoms with Gasteiger partial charge < -0.3 is 20.4 Å². The fraction of sp³-hybridized carbons (Fsp3) is 0.600. The molecule has 2 fully saturated rings. The molecular weight excluding hydrogens is 495 g/mol. The van der Waals surface area contributed by atoms with E-state index in [4.69, 9.17) is 23.2 Å². The van der Waals surface area contributed by atoms with Gasteiger partial charge in [-0.15, -0.1) is 0 Å². The van der Waals surface area contributed by atoms with Gasteiger partial charge in [0, 0.05) is 10.0 Å². The first-order valence-corrected chi connectivity index (χ1v) is 13.7. The highest BCUT2D eigenvalue weighted by atomic mass is 35.5. The minimum absolute atomic E-state index is 0.110. The van der Waals surface area contributed by atoms with Crippen LogP contribution in [0.3, 0.4) is 0 Å². The molecule has 4 N–H and O–H groups in total. The van der Waals surface area contributed by atoms with Gasteiger partial charge in [0.05, 0.1) is 24.4 Å². The molecule has 0 aromatic heterocycles. The van der Waals surface area contributed by atoms with Crippen LogP contribution in [0.2, 0.25) is 10.0 Å². The number of aliphatic hydroxyl groups is 4. The van der Waals surface area contributed by atoms with Gasteiger partial charge >= 0.3 is 0 Å². The molecule has 0 amide bonds. The van der Waals surface area contributed by atoms with Crippen LogP contribution in [0, 0.1) is 22.7 Å². The van der Waals surface area contributed by atoms with Crippen LogP contribution < -0.4 is 0 Å². The van der Waals surface area contributed by atoms with Gasteiger partial charge in [0.15, 0.2) is 0 Å². The molecule has 2 aliphatic rings. The molecule has 0 saturated heterocycles. The molecule has 0 aliphatic heterocycles. The maximum absolute atomic E-state index is 10.7. The normalized spacial score (nSPS) is 30.6. The van der Waals surface area contributed by atoms with Crippen molar-refractivity contribution in [2.45, 2.75) is 77.4 Å². The summed E-state index contributed by atoms with van der Waals surface area (Å²) in [6, 6.07) is 15.4. The van der Waals surface area contributed by atoms with E-state index >= 15 is 0 Å². The van der Waals surface area contributed by atoms with Crippen LogP contribution in [-0.2, 0) is 12.8 Å². The first kappa shape index (κ1) is 29.4. The average Bonchev–Trinajstić information content (AvgIpc) is 3.21. The van der Waals surface area contributed by atoms with Crippen molar-refractivity contribution in [3.8, 4) is 0 Å². The Bertz CT molecular complexity index is 908. The third-order valence-corrected chi connectivity index (χ3v) is 9.71. The van der Waals surface area contributed by atoms with Crippen LogP contribution in [0.1, 0.15) is 64.5 Å². The minimum atomic E-state index is -0.980. The Hall–Kier alpha value is -1.14. The number of halogens is 2. The average molecular weight is 538 g/mol. The largest absolute Gasteiger partial charge is 0.393 e. The fourth-order valence-electron chi connectivity index (χ4n) is 6.12. The van der Waals surface area contributed by atoms with Crippen molar-refractivity contribution in [3.05, 3.63) is 69.7 Å². The molecule has 36 heavy (non-hydrogen) atoms. The molecule has 2 aliphatic carbocycles. The van der Waals surface area contributed by atoms with E-state index in [-0.39, 0.29) is 35.9 Å². The van der Waals surface area contributed by atoms with Gasteiger partial charge in [0.25, 0.3) is 0 Å². The third kappa shape index (κ3) is 5.95. The van der Waals surface area contributed by atoms with Gasteiger partial charge in [0.2, 0.25) is 0 Å². The Kier molecular flexibility index (Phi) is 9.24. The van der Waals surface area contributed by atoms with Crippen LogP contribution in [0.15, 0.2) is 48.5 Å². The predicted octanol–water partition coefficient (Wildman–Crippen LogP) is 6.08. The van der Waals surface area contributed by atoms with Gasteiger partial charge in [-0.1, -0.05) is 75.2 Å². The molecule has 4 nitrogen and oxygen atoms in total. The molecule has 2 aromatic carbocycles. The summed E-state index contributed by atoms with van der Waals surface area (Å²) in [5.41, 5.74) is -0.0836. The smallest absolute Gasteiger partial charge is 0.0958 e. The van der Waals surface area contributed by atoms with E-state index in [1.807, 2.05) is 76.2 Å². The van der Waals surface area contributed by atoms with Crippen LogP contribution in [-0.4, -0.2) is 44.8 Å². The zero-order valence-electron chi connectivity index (χ0n) is 22.0. The monoisotopic (exact) mass is 536 g/mol. The standard InChI is InChI=1S/2C15H21ClO2/c2*1-14(2)8-7-12(15(14,18)10-17)9-11-3-5-13(16)6-4-11/h2*3-6,12,17-18H,7-10H2,1-2H3/t2*12-,15+/m10/s1. The number of hydrogen-bond acceptors (Lipinski definition) is 4. The lowest BCUT2D eigenvalue weighted by atomic mass is 9.73. The van der Waals surface area contributed by atoms with E-state index in [0.29, 0.717) is 0 Å². The lowest BCUT2D eigenvalue weighted by Gasteiger charge is -2.39. The van der Waals surface area contributed by atoms with Crippen molar-refractivity contribution >= 4 is 23.2 Å². The van der Waals surface area contributed by atoms with E-state index in [9.17, 15) is 20.4 Å². The van der Waals surface area contributed by atoms with Gasteiger partial charge in [-0.25, -0.2) is 0 Å². The summed E-state index contributed by atoms with van der Waals surface area (Å²) in [5, 5.41) is 42.1. The van der Waals surface area contributed by atoms with Crippen molar-refractivity contribution in [1.82, 2.24) is 0 Å². The molecule has 4 rings (SSSR count). The SMILES string of the molecule is CC1(C)CC[C@@H](Cc2ccc(Cl)cc2)[C@]1(O)CO.CC1(C)CC[C@H](Cc2ccc(Cl)cc2)[C@@]1(O)CO. The van der Waals surface area contributed by atoms with Crippen molar-refractivity contribution in [2.24, 2.45) is 22.7 Å². The van der Waals surface area contributed by atoms with Crippen molar-refractivity contribution in [2.75, 3.05) is 13.2 Å². The molecule has 2 aromatic rings. The number of hydrogen-bond donors (Lipinski definition) is 4.